The Hall–Kier alpha value is -1.50. The monoisotopic (exact) mass is 622 g/mol. The van der Waals surface area contributed by atoms with Gasteiger partial charge in [0.05, 0.1) is 25.8 Å². The van der Waals surface area contributed by atoms with Gasteiger partial charge in [0.25, 0.3) is 0 Å². The molecule has 3 N–H and O–H groups in total. The van der Waals surface area contributed by atoms with Gasteiger partial charge in [0.2, 0.25) is 5.84 Å². The number of nitrogens with two attached hydrogens (primary N) is 1. The van der Waals surface area contributed by atoms with Gasteiger partial charge in [-0.15, -0.1) is 0 Å². The predicted molar refractivity (Wildman–Crippen MR) is 173 cm³/mol. The lowest BCUT2D eigenvalue weighted by Crippen LogP contribution is -3.00. The van der Waals surface area contributed by atoms with E-state index in [1.807, 2.05) is 12.5 Å². The highest BCUT2D eigenvalue weighted by atomic mass is 35.5. The summed E-state index contributed by atoms with van der Waals surface area (Å²) in [6, 6.07) is 11.0. The lowest BCUT2D eigenvalue weighted by molar-refractivity contribution is -0.799. The molecule has 0 aromatic heterocycles. The molecule has 0 amide bonds. The molecule has 1 aromatic carbocycles. The average molecular weight is 624 g/mol. The Balaban J connectivity index is 0.00000216. The summed E-state index contributed by atoms with van der Waals surface area (Å²) in [6.45, 7) is 10.6. The first-order valence-corrected chi connectivity index (χ1v) is 16.4. The zero-order chi connectivity index (χ0) is 28.6. The Labute approximate surface area is 270 Å². The van der Waals surface area contributed by atoms with E-state index in [0.717, 1.165) is 38.4 Å². The molecule has 5 nitrogen and oxygen atoms in total. The molecule has 0 saturated heterocycles. The first-order valence-electron chi connectivity index (χ1n) is 16.4. The highest BCUT2D eigenvalue weighted by Gasteiger charge is 2.40. The smallest absolute Gasteiger partial charge is 0.205 e. The third-order valence-electron chi connectivity index (χ3n) is 8.06. The molecule has 0 aliphatic carbocycles. The molecule has 2 atom stereocenters. The number of hydrogen-bond acceptors (Lipinski definition) is 3. The molecule has 0 bridgehead atoms. The minimum absolute atomic E-state index is 0. The standard InChI is InChI=1S/C32H53N2O.C3H6N2.2ClH/c1-3-5-6-7-8-9-10-11-12-13-14-15-16-17-18-22-25-31-29-34(4-2,32(33-31)26-27-35)28-30-23-20-19-21-24-30;1-2-5-3-4-1;;/h4,11-12,19-21,23-24,31,35H,2-3,5-10,13-18,22,25-29H2,1H3;3H,1-2H2,(H,4,5);2*1H/q+1;;;/p-1/b12-11-;;;. The van der Waals surface area contributed by atoms with E-state index >= 15 is 0 Å². The number of rotatable bonds is 21. The molecule has 2 aliphatic rings. The number of halogens is 2. The number of quaternary nitrogens is 2. The molecule has 7 heteroatoms. The maximum absolute atomic E-state index is 9.60. The van der Waals surface area contributed by atoms with Crippen LogP contribution in [0.4, 0.5) is 0 Å². The molecule has 0 radical (unpaired) electrons. The summed E-state index contributed by atoms with van der Waals surface area (Å²) in [7, 11) is 0. The van der Waals surface area contributed by atoms with Gasteiger partial charge in [-0.05, 0) is 38.7 Å². The number of amidine groups is 1. The molecule has 0 saturated carbocycles. The zero-order valence-corrected chi connectivity index (χ0v) is 28.0. The first kappa shape index (κ1) is 40.5. The van der Waals surface area contributed by atoms with E-state index in [4.69, 9.17) is 4.99 Å². The number of aliphatic imine (C=N–C) groups is 2. The fourth-order valence-corrected chi connectivity index (χ4v) is 5.70. The minimum Gasteiger partial charge on any atom is -1.00 e. The summed E-state index contributed by atoms with van der Waals surface area (Å²) in [6.07, 6.45) is 29.3. The first-order chi connectivity index (χ1) is 19.7. The summed E-state index contributed by atoms with van der Waals surface area (Å²) in [5.41, 5.74) is 1.30. The molecule has 2 heterocycles. The van der Waals surface area contributed by atoms with Crippen LogP contribution in [0.2, 0.25) is 0 Å². The third-order valence-corrected chi connectivity index (χ3v) is 8.06. The quantitative estimate of drug-likeness (QED) is 0.121. The van der Waals surface area contributed by atoms with E-state index < -0.39 is 0 Å². The SMILES string of the molecule is C1=NCC[NH2+]1.C=C[N+]1(Cc2ccccc2)CC(CCCCCCCC/C=C\CCCCCCCC)N=C1CCO.[Cl-].[Cl-]. The van der Waals surface area contributed by atoms with Crippen molar-refractivity contribution in [2.24, 2.45) is 9.98 Å². The van der Waals surface area contributed by atoms with Crippen molar-refractivity contribution in [3.05, 3.63) is 60.8 Å². The van der Waals surface area contributed by atoms with Crippen LogP contribution in [0.25, 0.3) is 0 Å². The van der Waals surface area contributed by atoms with Crippen molar-refractivity contribution in [2.75, 3.05) is 26.2 Å². The largest absolute Gasteiger partial charge is 1.00 e. The summed E-state index contributed by atoms with van der Waals surface area (Å²) >= 11 is 0. The zero-order valence-electron chi connectivity index (χ0n) is 26.5. The van der Waals surface area contributed by atoms with Gasteiger partial charge in [-0.3, -0.25) is 0 Å². The van der Waals surface area contributed by atoms with Gasteiger partial charge in [-0.1, -0.05) is 114 Å². The van der Waals surface area contributed by atoms with Gasteiger partial charge in [-0.2, -0.15) is 0 Å². The van der Waals surface area contributed by atoms with Gasteiger partial charge in [0.15, 0.2) is 6.34 Å². The second kappa shape index (κ2) is 27.1. The predicted octanol–water partition coefficient (Wildman–Crippen LogP) is 1.34. The average Bonchev–Trinajstić information content (AvgIpc) is 3.67. The number of aliphatic hydroxyl groups excluding tert-OH is 1. The van der Waals surface area contributed by atoms with Crippen LogP contribution in [0.1, 0.15) is 115 Å². The van der Waals surface area contributed by atoms with Crippen molar-refractivity contribution < 1.29 is 39.7 Å². The van der Waals surface area contributed by atoms with Crippen LogP contribution in [0.15, 0.2) is 65.2 Å². The van der Waals surface area contributed by atoms with E-state index in [1.165, 1.54) is 95.5 Å². The summed E-state index contributed by atoms with van der Waals surface area (Å²) < 4.78 is 0.696. The summed E-state index contributed by atoms with van der Waals surface area (Å²) in [4.78, 5) is 8.96. The Bertz CT molecular complexity index is 856. The van der Waals surface area contributed by atoms with Crippen LogP contribution in [0.3, 0.4) is 0 Å². The van der Waals surface area contributed by atoms with Crippen LogP contribution >= 0.6 is 0 Å². The van der Waals surface area contributed by atoms with Crippen LogP contribution in [0, 0.1) is 0 Å². The van der Waals surface area contributed by atoms with Gasteiger partial charge >= 0.3 is 0 Å². The highest BCUT2D eigenvalue weighted by molar-refractivity contribution is 5.78. The number of nitrogens with zero attached hydrogens (tertiary/aromatic N) is 3. The van der Waals surface area contributed by atoms with Crippen molar-refractivity contribution in [2.45, 2.75) is 122 Å². The van der Waals surface area contributed by atoms with Gasteiger partial charge < -0.3 is 35.2 Å². The fourth-order valence-electron chi connectivity index (χ4n) is 5.70. The third kappa shape index (κ3) is 17.6. The van der Waals surface area contributed by atoms with E-state index in [1.54, 1.807) is 0 Å². The Kier molecular flexibility index (Phi) is 26.1. The maximum atomic E-state index is 9.60. The summed E-state index contributed by atoms with van der Waals surface area (Å²) in [5, 5.41) is 11.7. The van der Waals surface area contributed by atoms with E-state index in [2.05, 4.69) is 66.3 Å². The Morgan fingerprint density at radius 2 is 1.52 bits per heavy atom. The number of hydrogen-bond donors (Lipinski definition) is 2. The molecule has 3 rings (SSSR count). The molecule has 1 aromatic rings. The second-order valence-electron chi connectivity index (χ2n) is 11.5. The lowest BCUT2D eigenvalue weighted by Gasteiger charge is -2.31. The van der Waals surface area contributed by atoms with Crippen molar-refractivity contribution in [3.63, 3.8) is 0 Å². The number of allylic oxidation sites excluding steroid dienone is 2. The number of unbranched alkanes of at least 4 members (excludes halogenated alkanes) is 12. The fraction of sp³-hybridized carbons (Fsp3) is 0.657. The van der Waals surface area contributed by atoms with Crippen LogP contribution < -0.4 is 30.1 Å². The second-order valence-corrected chi connectivity index (χ2v) is 11.5. The maximum Gasteiger partial charge on any atom is 0.205 e. The molecule has 42 heavy (non-hydrogen) atoms. The molecule has 240 valence electrons. The van der Waals surface area contributed by atoms with Gasteiger partial charge in [-0.25, -0.2) is 14.5 Å². The van der Waals surface area contributed by atoms with Gasteiger partial charge in [0.1, 0.15) is 25.7 Å². The van der Waals surface area contributed by atoms with Gasteiger partial charge in [0, 0.05) is 5.56 Å². The topological polar surface area (TPSA) is 61.6 Å². The molecular weight excluding hydrogens is 563 g/mol. The number of benzene rings is 1. The Morgan fingerprint density at radius 1 is 0.905 bits per heavy atom. The Morgan fingerprint density at radius 3 is 2.05 bits per heavy atom. The van der Waals surface area contributed by atoms with Crippen LogP contribution in [0.5, 0.6) is 0 Å². The summed E-state index contributed by atoms with van der Waals surface area (Å²) in [5.74, 6) is 1.10. The van der Waals surface area contributed by atoms with Crippen LogP contribution in [-0.4, -0.2) is 54.0 Å². The van der Waals surface area contributed by atoms with E-state index in [0.29, 0.717) is 16.9 Å². The normalized spacial score (nSPS) is 19.1. The van der Waals surface area contributed by atoms with E-state index in [-0.39, 0.29) is 31.4 Å². The van der Waals surface area contributed by atoms with Crippen molar-refractivity contribution in [1.29, 1.82) is 0 Å². The molecule has 2 unspecified atom stereocenters. The highest BCUT2D eigenvalue weighted by Crippen LogP contribution is 2.28. The van der Waals surface area contributed by atoms with E-state index in [9.17, 15) is 5.11 Å². The minimum atomic E-state index is 0. The molecule has 2 aliphatic heterocycles. The van der Waals surface area contributed by atoms with Crippen molar-refractivity contribution >= 4 is 12.2 Å². The molecule has 0 fully saturated rings. The molecule has 0 spiro atoms. The van der Waals surface area contributed by atoms with Crippen molar-refractivity contribution in [1.82, 2.24) is 0 Å². The lowest BCUT2D eigenvalue weighted by atomic mass is 10.0. The van der Waals surface area contributed by atoms with Crippen LogP contribution in [-0.2, 0) is 6.54 Å². The number of aliphatic hydroxyl groups is 1. The van der Waals surface area contributed by atoms with Crippen molar-refractivity contribution in [3.8, 4) is 0 Å². The molecular formula is C35H60Cl2N4O.